The van der Waals surface area contributed by atoms with E-state index in [0.717, 1.165) is 6.26 Å². The maximum absolute atomic E-state index is 14.0. The minimum Gasteiger partial charge on any atom is -0.308 e. The minimum absolute atomic E-state index is 0.375. The summed E-state index contributed by atoms with van der Waals surface area (Å²) >= 11 is 0. The van der Waals surface area contributed by atoms with E-state index in [1.54, 1.807) is 0 Å². The highest BCUT2D eigenvalue weighted by atomic mass is 32.2. The first-order valence-electron chi connectivity index (χ1n) is 6.59. The van der Waals surface area contributed by atoms with Crippen LogP contribution in [0.3, 0.4) is 0 Å². The first-order chi connectivity index (χ1) is 9.52. The lowest BCUT2D eigenvalue weighted by molar-refractivity contribution is 0.388. The van der Waals surface area contributed by atoms with Crippen LogP contribution in [0.2, 0.25) is 0 Å². The first kappa shape index (κ1) is 18.0. The number of benzene rings is 1. The van der Waals surface area contributed by atoms with Crippen molar-refractivity contribution in [3.63, 3.8) is 0 Å². The molecule has 0 heterocycles. The van der Waals surface area contributed by atoms with Crippen LogP contribution in [-0.4, -0.2) is 26.0 Å². The fraction of sp³-hybridized carbons (Fsp3) is 0.571. The summed E-state index contributed by atoms with van der Waals surface area (Å²) in [6.07, 6.45) is 1.66. The molecule has 0 bridgehead atoms. The predicted molar refractivity (Wildman–Crippen MR) is 76.3 cm³/mol. The number of halogens is 3. The van der Waals surface area contributed by atoms with Gasteiger partial charge in [0.15, 0.2) is 9.84 Å². The predicted octanol–water partition coefficient (Wildman–Crippen LogP) is 2.97. The van der Waals surface area contributed by atoms with Crippen molar-refractivity contribution in [1.82, 2.24) is 5.32 Å². The Balaban J connectivity index is 3.47. The second-order valence-corrected chi connectivity index (χ2v) is 8.14. The molecule has 120 valence electrons. The van der Waals surface area contributed by atoms with E-state index < -0.39 is 43.6 Å². The third-order valence-corrected chi connectivity index (χ3v) is 5.73. The second kappa shape index (κ2) is 6.36. The van der Waals surface area contributed by atoms with Crippen molar-refractivity contribution in [3.05, 3.63) is 35.1 Å². The summed E-state index contributed by atoms with van der Waals surface area (Å²) in [5, 5.41) is 2.85. The van der Waals surface area contributed by atoms with Gasteiger partial charge in [0.25, 0.3) is 0 Å². The van der Waals surface area contributed by atoms with E-state index in [1.165, 1.54) is 13.8 Å². The van der Waals surface area contributed by atoms with Gasteiger partial charge in [0.05, 0.1) is 10.8 Å². The van der Waals surface area contributed by atoms with Crippen LogP contribution in [0.25, 0.3) is 0 Å². The lowest BCUT2D eigenvalue weighted by Crippen LogP contribution is -2.46. The summed E-state index contributed by atoms with van der Waals surface area (Å²) in [7, 11) is -3.61. The second-order valence-electron chi connectivity index (χ2n) is 5.55. The molecule has 1 aromatic rings. The van der Waals surface area contributed by atoms with E-state index in [1.807, 2.05) is 6.92 Å². The van der Waals surface area contributed by atoms with Crippen molar-refractivity contribution < 1.29 is 21.6 Å². The van der Waals surface area contributed by atoms with Crippen LogP contribution < -0.4 is 5.32 Å². The Hall–Kier alpha value is -1.08. The van der Waals surface area contributed by atoms with Crippen LogP contribution in [0.1, 0.15) is 38.8 Å². The van der Waals surface area contributed by atoms with Gasteiger partial charge in [0, 0.05) is 24.0 Å². The van der Waals surface area contributed by atoms with Gasteiger partial charge in [0.1, 0.15) is 17.5 Å². The van der Waals surface area contributed by atoms with Gasteiger partial charge in [-0.25, -0.2) is 21.6 Å². The molecular formula is C14H20F3NO2S. The van der Waals surface area contributed by atoms with E-state index in [-0.39, 0.29) is 0 Å². The summed E-state index contributed by atoms with van der Waals surface area (Å²) in [6, 6.07) is -0.0116. The van der Waals surface area contributed by atoms with Crippen LogP contribution in [0.5, 0.6) is 0 Å². The molecule has 1 N–H and O–H groups in total. The molecule has 0 saturated carbocycles. The van der Waals surface area contributed by atoms with Crippen molar-refractivity contribution in [2.45, 2.75) is 38.0 Å². The molecule has 21 heavy (non-hydrogen) atoms. The lowest BCUT2D eigenvalue weighted by Gasteiger charge is -2.34. The highest BCUT2D eigenvalue weighted by Gasteiger charge is 2.42. The fourth-order valence-electron chi connectivity index (χ4n) is 2.03. The molecule has 7 heteroatoms. The van der Waals surface area contributed by atoms with E-state index in [9.17, 15) is 21.6 Å². The van der Waals surface area contributed by atoms with Crippen molar-refractivity contribution >= 4 is 9.84 Å². The SMILES string of the molecule is CCCNC(c1c(F)cc(F)cc1F)C(C)(C)S(C)(=O)=O. The Morgan fingerprint density at radius 3 is 2.05 bits per heavy atom. The topological polar surface area (TPSA) is 46.2 Å². The van der Waals surface area contributed by atoms with Gasteiger partial charge in [-0.15, -0.1) is 0 Å². The quantitative estimate of drug-likeness (QED) is 0.875. The molecule has 1 rings (SSSR count). The van der Waals surface area contributed by atoms with Crippen LogP contribution in [0, 0.1) is 17.5 Å². The molecule has 1 aromatic carbocycles. The van der Waals surface area contributed by atoms with Gasteiger partial charge in [-0.1, -0.05) is 6.92 Å². The van der Waals surface area contributed by atoms with Crippen molar-refractivity contribution in [3.8, 4) is 0 Å². The maximum atomic E-state index is 14.0. The summed E-state index contributed by atoms with van der Waals surface area (Å²) in [4.78, 5) is 0. The molecule has 0 saturated heterocycles. The normalized spacial score (nSPS) is 14.2. The number of sulfone groups is 1. The van der Waals surface area contributed by atoms with Gasteiger partial charge < -0.3 is 5.32 Å². The molecule has 1 unspecified atom stereocenters. The molecule has 0 aliphatic carbocycles. The third kappa shape index (κ3) is 3.77. The number of hydrogen-bond donors (Lipinski definition) is 1. The van der Waals surface area contributed by atoms with Gasteiger partial charge in [0.2, 0.25) is 0 Å². The highest BCUT2D eigenvalue weighted by molar-refractivity contribution is 7.92. The fourth-order valence-corrected chi connectivity index (χ4v) is 2.66. The molecule has 0 radical (unpaired) electrons. The molecule has 0 spiro atoms. The summed E-state index contributed by atoms with van der Waals surface area (Å²) in [5.74, 6) is -3.24. The summed E-state index contributed by atoms with van der Waals surface area (Å²) < 4.78 is 63.5. The maximum Gasteiger partial charge on any atom is 0.154 e. The Labute approximate surface area is 123 Å². The Morgan fingerprint density at radius 1 is 1.19 bits per heavy atom. The van der Waals surface area contributed by atoms with Crippen LogP contribution in [-0.2, 0) is 9.84 Å². The minimum atomic E-state index is -3.61. The van der Waals surface area contributed by atoms with Crippen LogP contribution in [0.4, 0.5) is 13.2 Å². The van der Waals surface area contributed by atoms with Gasteiger partial charge in [-0.2, -0.15) is 0 Å². The molecule has 1 atom stereocenters. The number of rotatable bonds is 6. The van der Waals surface area contributed by atoms with Gasteiger partial charge in [-0.05, 0) is 26.8 Å². The van der Waals surface area contributed by atoms with Gasteiger partial charge in [-0.3, -0.25) is 0 Å². The monoisotopic (exact) mass is 323 g/mol. The van der Waals surface area contributed by atoms with Crippen LogP contribution in [0.15, 0.2) is 12.1 Å². The molecule has 0 aromatic heterocycles. The van der Waals surface area contributed by atoms with Crippen molar-refractivity contribution in [2.24, 2.45) is 0 Å². The largest absolute Gasteiger partial charge is 0.308 e. The number of hydrogen-bond acceptors (Lipinski definition) is 3. The average Bonchev–Trinajstić information content (AvgIpc) is 2.30. The molecule has 3 nitrogen and oxygen atoms in total. The third-order valence-electron chi connectivity index (χ3n) is 3.58. The molecule has 0 amide bonds. The summed E-state index contributed by atoms with van der Waals surface area (Å²) in [6.45, 7) is 4.99. The zero-order valence-electron chi connectivity index (χ0n) is 12.5. The Kier molecular flexibility index (Phi) is 5.44. The van der Waals surface area contributed by atoms with E-state index in [0.29, 0.717) is 25.1 Å². The van der Waals surface area contributed by atoms with Crippen molar-refractivity contribution in [2.75, 3.05) is 12.8 Å². The van der Waals surface area contributed by atoms with E-state index >= 15 is 0 Å². The lowest BCUT2D eigenvalue weighted by atomic mass is 9.94. The van der Waals surface area contributed by atoms with E-state index in [4.69, 9.17) is 0 Å². The smallest absolute Gasteiger partial charge is 0.154 e. The Morgan fingerprint density at radius 2 is 1.67 bits per heavy atom. The van der Waals surface area contributed by atoms with Crippen molar-refractivity contribution in [1.29, 1.82) is 0 Å². The molecular weight excluding hydrogens is 303 g/mol. The van der Waals surface area contributed by atoms with E-state index in [2.05, 4.69) is 5.32 Å². The first-order valence-corrected chi connectivity index (χ1v) is 8.49. The molecule has 0 fully saturated rings. The highest BCUT2D eigenvalue weighted by Crippen LogP contribution is 2.35. The average molecular weight is 323 g/mol. The van der Waals surface area contributed by atoms with Gasteiger partial charge >= 0.3 is 0 Å². The number of nitrogens with one attached hydrogen (secondary N) is 1. The molecule has 0 aliphatic rings. The van der Waals surface area contributed by atoms with Crippen LogP contribution >= 0.6 is 0 Å². The standard InChI is InChI=1S/C14H20F3NO2S/c1-5-6-18-13(14(2,3)21(4,19)20)12-10(16)7-9(15)8-11(12)17/h7-8,13,18H,5-6H2,1-4H3. The Bertz CT molecular complexity index is 592. The zero-order valence-corrected chi connectivity index (χ0v) is 13.3. The summed E-state index contributed by atoms with van der Waals surface area (Å²) in [5.41, 5.74) is -0.458. The zero-order chi connectivity index (χ0) is 16.4. The molecule has 0 aliphatic heterocycles.